The average Bonchev–Trinajstić information content (AvgIpc) is 2.20. The lowest BCUT2D eigenvalue weighted by atomic mass is 10.0. The maximum Gasteiger partial charge on any atom is 0.216 e. The van der Waals surface area contributed by atoms with E-state index in [0.29, 0.717) is 0 Å². The van der Waals surface area contributed by atoms with E-state index in [9.17, 15) is 0 Å². The van der Waals surface area contributed by atoms with Crippen LogP contribution in [0.2, 0.25) is 0 Å². The van der Waals surface area contributed by atoms with Gasteiger partial charge < -0.3 is 0 Å². The van der Waals surface area contributed by atoms with Crippen LogP contribution in [0.25, 0.3) is 5.69 Å². The Labute approximate surface area is 110 Å². The molecule has 1 nitrogen and oxygen atoms in total. The van der Waals surface area contributed by atoms with E-state index >= 15 is 0 Å². The highest BCUT2D eigenvalue weighted by Gasteiger charge is 2.19. The van der Waals surface area contributed by atoms with Crippen LogP contribution in [0.3, 0.4) is 0 Å². The zero-order valence-corrected chi connectivity index (χ0v) is 12.3. The highest BCUT2D eigenvalue weighted by molar-refractivity contribution is 5.43. The molecule has 0 bridgehead atoms. The monoisotopic (exact) mass is 240 g/mol. The van der Waals surface area contributed by atoms with Crippen LogP contribution >= 0.6 is 0 Å². The Morgan fingerprint density at radius 2 is 1.00 bits per heavy atom. The first-order valence-electron chi connectivity index (χ1n) is 6.48. The first kappa shape index (κ1) is 12.8. The lowest BCUT2D eigenvalue weighted by molar-refractivity contribution is -0.610. The molecule has 0 saturated carbocycles. The van der Waals surface area contributed by atoms with E-state index in [1.54, 1.807) is 0 Å². The van der Waals surface area contributed by atoms with Gasteiger partial charge in [-0.15, -0.1) is 0 Å². The van der Waals surface area contributed by atoms with Crippen molar-refractivity contribution in [2.24, 2.45) is 0 Å². The Morgan fingerprint density at radius 1 is 0.611 bits per heavy atom. The van der Waals surface area contributed by atoms with Crippen molar-refractivity contribution >= 4 is 0 Å². The van der Waals surface area contributed by atoms with Crippen molar-refractivity contribution in [3.05, 3.63) is 57.9 Å². The summed E-state index contributed by atoms with van der Waals surface area (Å²) in [6.07, 6.45) is 0. The Bertz CT molecular complexity index is 507. The quantitative estimate of drug-likeness (QED) is 0.667. The summed E-state index contributed by atoms with van der Waals surface area (Å²) >= 11 is 0. The van der Waals surface area contributed by atoms with E-state index in [-0.39, 0.29) is 0 Å². The molecule has 1 aromatic heterocycles. The maximum absolute atomic E-state index is 2.36. The number of hydrogen-bond donors (Lipinski definition) is 0. The summed E-state index contributed by atoms with van der Waals surface area (Å²) in [4.78, 5) is 0. The van der Waals surface area contributed by atoms with Crippen LogP contribution < -0.4 is 4.57 Å². The van der Waals surface area contributed by atoms with Crippen molar-refractivity contribution in [2.75, 3.05) is 0 Å². The molecule has 0 saturated heterocycles. The van der Waals surface area contributed by atoms with Crippen LogP contribution in [-0.2, 0) is 0 Å². The third kappa shape index (κ3) is 2.17. The van der Waals surface area contributed by atoms with Gasteiger partial charge >= 0.3 is 0 Å². The zero-order valence-electron chi connectivity index (χ0n) is 12.3. The van der Waals surface area contributed by atoms with Gasteiger partial charge in [-0.1, -0.05) is 5.56 Å². The number of aromatic nitrogens is 1. The molecule has 2 rings (SSSR count). The summed E-state index contributed by atoms with van der Waals surface area (Å²) in [6.45, 7) is 13.1. The summed E-state index contributed by atoms with van der Waals surface area (Å²) in [5.41, 5.74) is 9.25. The van der Waals surface area contributed by atoms with Crippen LogP contribution in [0.1, 0.15) is 33.6 Å². The molecule has 2 aromatic rings. The van der Waals surface area contributed by atoms with Crippen molar-refractivity contribution in [3.8, 4) is 5.69 Å². The second-order valence-corrected chi connectivity index (χ2v) is 5.40. The highest BCUT2D eigenvalue weighted by atomic mass is 15.0. The van der Waals surface area contributed by atoms with Crippen LogP contribution in [0.4, 0.5) is 0 Å². The second-order valence-electron chi connectivity index (χ2n) is 5.40. The number of pyridine rings is 1. The minimum Gasteiger partial charge on any atom is -0.162 e. The van der Waals surface area contributed by atoms with Crippen LogP contribution in [0, 0.1) is 41.5 Å². The molecule has 1 heterocycles. The SMILES string of the molecule is Cc1cc(C)c(-[n+]2c(C)cc(C)cc2C)c(C)c1. The molecule has 0 aliphatic carbocycles. The number of benzene rings is 1. The number of nitrogens with zero attached hydrogens (tertiary/aromatic N) is 1. The van der Waals surface area contributed by atoms with E-state index in [0.717, 1.165) is 0 Å². The van der Waals surface area contributed by atoms with Crippen LogP contribution in [-0.4, -0.2) is 0 Å². The fourth-order valence-corrected chi connectivity index (χ4v) is 2.99. The van der Waals surface area contributed by atoms with E-state index < -0.39 is 0 Å². The van der Waals surface area contributed by atoms with Gasteiger partial charge in [0.15, 0.2) is 11.4 Å². The topological polar surface area (TPSA) is 3.88 Å². The largest absolute Gasteiger partial charge is 0.216 e. The molecule has 0 amide bonds. The van der Waals surface area contributed by atoms with Gasteiger partial charge in [-0.25, -0.2) is 0 Å². The number of hydrogen-bond acceptors (Lipinski definition) is 0. The van der Waals surface area contributed by atoms with Crippen LogP contribution in [0.5, 0.6) is 0 Å². The molecule has 0 aliphatic rings. The molecule has 0 N–H and O–H groups in total. The van der Waals surface area contributed by atoms with E-state index in [2.05, 4.69) is 70.4 Å². The van der Waals surface area contributed by atoms with Gasteiger partial charge in [0, 0.05) is 37.1 Å². The number of rotatable bonds is 1. The van der Waals surface area contributed by atoms with Gasteiger partial charge in [0.05, 0.1) is 0 Å². The van der Waals surface area contributed by atoms with Crippen molar-refractivity contribution < 1.29 is 4.57 Å². The molecule has 0 radical (unpaired) electrons. The Morgan fingerprint density at radius 3 is 1.44 bits per heavy atom. The molecule has 1 heteroatoms. The van der Waals surface area contributed by atoms with Crippen molar-refractivity contribution in [2.45, 2.75) is 41.5 Å². The molecule has 0 fully saturated rings. The van der Waals surface area contributed by atoms with Crippen molar-refractivity contribution in [1.82, 2.24) is 0 Å². The maximum atomic E-state index is 2.36. The van der Waals surface area contributed by atoms with Crippen molar-refractivity contribution in [3.63, 3.8) is 0 Å². The first-order valence-corrected chi connectivity index (χ1v) is 6.48. The zero-order chi connectivity index (χ0) is 13.4. The molecule has 18 heavy (non-hydrogen) atoms. The van der Waals surface area contributed by atoms with Gasteiger partial charge in [0.25, 0.3) is 0 Å². The normalized spacial score (nSPS) is 10.8. The van der Waals surface area contributed by atoms with Crippen LogP contribution in [0.15, 0.2) is 24.3 Å². The number of aryl methyl sites for hydroxylation is 6. The molecular formula is C17H22N+. The summed E-state index contributed by atoms with van der Waals surface area (Å²) in [5, 5.41) is 0. The molecule has 0 unspecified atom stereocenters. The lowest BCUT2D eigenvalue weighted by Crippen LogP contribution is -2.39. The minimum atomic E-state index is 1.29. The standard InChI is InChI=1S/C17H22N/c1-11-7-13(3)17(14(4)8-11)18-15(5)9-12(2)10-16(18)6/h7-10H,1-6H3/q+1. The molecule has 0 atom stereocenters. The summed E-state index contributed by atoms with van der Waals surface area (Å²) < 4.78 is 2.36. The summed E-state index contributed by atoms with van der Waals surface area (Å²) in [7, 11) is 0. The van der Waals surface area contributed by atoms with Gasteiger partial charge in [-0.2, -0.15) is 4.57 Å². The van der Waals surface area contributed by atoms with Gasteiger partial charge in [0.2, 0.25) is 5.69 Å². The van der Waals surface area contributed by atoms with E-state index in [1.165, 1.54) is 39.3 Å². The molecule has 1 aromatic carbocycles. The second kappa shape index (κ2) is 4.56. The fourth-order valence-electron chi connectivity index (χ4n) is 2.99. The first-order chi connectivity index (χ1) is 8.40. The van der Waals surface area contributed by atoms with E-state index in [1.807, 2.05) is 0 Å². The van der Waals surface area contributed by atoms with Gasteiger partial charge in [0.1, 0.15) is 0 Å². The van der Waals surface area contributed by atoms with Crippen molar-refractivity contribution in [1.29, 1.82) is 0 Å². The predicted molar refractivity (Wildman–Crippen MR) is 76.4 cm³/mol. The third-order valence-corrected chi connectivity index (χ3v) is 3.44. The Hall–Kier alpha value is -1.63. The smallest absolute Gasteiger partial charge is 0.162 e. The molecular weight excluding hydrogens is 218 g/mol. The summed E-state index contributed by atoms with van der Waals surface area (Å²) in [6, 6.07) is 9.00. The predicted octanol–water partition coefficient (Wildman–Crippen LogP) is 3.81. The summed E-state index contributed by atoms with van der Waals surface area (Å²) in [5.74, 6) is 0. The third-order valence-electron chi connectivity index (χ3n) is 3.44. The van der Waals surface area contributed by atoms with Gasteiger partial charge in [-0.05, 0) is 45.4 Å². The highest BCUT2D eigenvalue weighted by Crippen LogP contribution is 2.18. The fraction of sp³-hybridized carbons (Fsp3) is 0.353. The Kier molecular flexibility index (Phi) is 3.25. The van der Waals surface area contributed by atoms with Gasteiger partial charge in [-0.3, -0.25) is 0 Å². The molecule has 0 spiro atoms. The minimum absolute atomic E-state index is 1.29. The molecule has 0 aliphatic heterocycles. The lowest BCUT2D eigenvalue weighted by Gasteiger charge is -2.10. The van der Waals surface area contributed by atoms with E-state index in [4.69, 9.17) is 0 Å². The Balaban J connectivity index is 2.78. The molecule has 94 valence electrons. The average molecular weight is 240 g/mol.